The van der Waals surface area contributed by atoms with Gasteiger partial charge in [0.2, 0.25) is 0 Å². The lowest BCUT2D eigenvalue weighted by Gasteiger charge is -2.06. The van der Waals surface area contributed by atoms with Crippen LogP contribution < -0.4 is 10.2 Å². The molecule has 0 saturated heterocycles. The van der Waals surface area contributed by atoms with Gasteiger partial charge >= 0.3 is 5.97 Å². The topological polar surface area (TPSA) is 82.5 Å². The predicted octanol–water partition coefficient (Wildman–Crippen LogP) is 5.40. The van der Waals surface area contributed by atoms with Gasteiger partial charge in [0.15, 0.2) is 10.6 Å². The van der Waals surface area contributed by atoms with Crippen molar-refractivity contribution in [2.75, 3.05) is 0 Å². The predicted molar refractivity (Wildman–Crippen MR) is 111 cm³/mol. The Kier molecular flexibility index (Phi) is 5.51. The van der Waals surface area contributed by atoms with Gasteiger partial charge in [0, 0.05) is 23.0 Å². The second-order valence-corrected chi connectivity index (χ2v) is 7.54. The zero-order valence-electron chi connectivity index (χ0n) is 14.9. The van der Waals surface area contributed by atoms with E-state index in [0.717, 1.165) is 10.0 Å². The molecule has 29 heavy (non-hydrogen) atoms. The van der Waals surface area contributed by atoms with Crippen molar-refractivity contribution in [3.05, 3.63) is 80.4 Å². The van der Waals surface area contributed by atoms with Crippen LogP contribution in [0.1, 0.15) is 12.2 Å². The van der Waals surface area contributed by atoms with Crippen LogP contribution >= 0.6 is 27.5 Å². The normalized spacial score (nSPS) is 11.0. The zero-order valence-corrected chi connectivity index (χ0v) is 17.2. The summed E-state index contributed by atoms with van der Waals surface area (Å²) in [5.41, 5.74) is 1.39. The Labute approximate surface area is 178 Å². The maximum absolute atomic E-state index is 12.8. The van der Waals surface area contributed by atoms with Gasteiger partial charge in [0.1, 0.15) is 23.4 Å². The van der Waals surface area contributed by atoms with Gasteiger partial charge in [-0.3, -0.25) is 9.59 Å². The van der Waals surface area contributed by atoms with E-state index in [1.165, 1.54) is 12.3 Å². The van der Waals surface area contributed by atoms with E-state index in [1.54, 1.807) is 18.2 Å². The van der Waals surface area contributed by atoms with Crippen molar-refractivity contribution in [1.82, 2.24) is 5.16 Å². The van der Waals surface area contributed by atoms with E-state index in [0.29, 0.717) is 28.7 Å². The molecule has 4 aromatic rings. The highest BCUT2D eigenvalue weighted by Crippen LogP contribution is 2.24. The number of nitrogens with zero attached hydrogens (tertiary/aromatic N) is 1. The lowest BCUT2D eigenvalue weighted by atomic mass is 10.1. The average Bonchev–Trinajstić information content (AvgIpc) is 3.13. The van der Waals surface area contributed by atoms with Gasteiger partial charge in [-0.05, 0) is 29.8 Å². The number of hydrogen-bond acceptors (Lipinski definition) is 6. The first-order valence-corrected chi connectivity index (χ1v) is 9.80. The molecule has 0 unspecified atom stereocenters. The standard InChI is InChI=1S/C21H13BrClNO5/c22-13-3-1-12(2-4-13)17-11-27-18-9-14(5-7-16(18)21(17)26)28-20(25)8-6-15-10-19(23)24-29-15/h1-5,7,9-11H,6,8H2. The first-order valence-electron chi connectivity index (χ1n) is 8.63. The number of fused-ring (bicyclic) bond motifs is 1. The summed E-state index contributed by atoms with van der Waals surface area (Å²) in [5.74, 6) is 0.334. The minimum Gasteiger partial charge on any atom is -0.463 e. The lowest BCUT2D eigenvalue weighted by molar-refractivity contribution is -0.134. The molecular formula is C21H13BrClNO5. The van der Waals surface area contributed by atoms with Crippen molar-refractivity contribution < 1.29 is 18.5 Å². The number of carbonyl (C=O) groups is 1. The molecule has 0 fully saturated rings. The van der Waals surface area contributed by atoms with E-state index < -0.39 is 5.97 Å². The maximum atomic E-state index is 12.8. The van der Waals surface area contributed by atoms with E-state index in [9.17, 15) is 9.59 Å². The van der Waals surface area contributed by atoms with Crippen molar-refractivity contribution in [3.63, 3.8) is 0 Å². The third-order valence-corrected chi connectivity index (χ3v) is 4.95. The summed E-state index contributed by atoms with van der Waals surface area (Å²) in [7, 11) is 0. The van der Waals surface area contributed by atoms with Gasteiger partial charge < -0.3 is 13.7 Å². The Morgan fingerprint density at radius 2 is 1.93 bits per heavy atom. The molecule has 0 radical (unpaired) electrons. The summed E-state index contributed by atoms with van der Waals surface area (Å²) in [5, 5.41) is 4.19. The van der Waals surface area contributed by atoms with Gasteiger partial charge in [0.25, 0.3) is 0 Å². The molecule has 0 bridgehead atoms. The second-order valence-electron chi connectivity index (χ2n) is 6.23. The number of aromatic nitrogens is 1. The summed E-state index contributed by atoms with van der Waals surface area (Å²) in [6.07, 6.45) is 1.82. The van der Waals surface area contributed by atoms with Gasteiger partial charge in [-0.1, -0.05) is 44.8 Å². The summed E-state index contributed by atoms with van der Waals surface area (Å²) in [6, 6.07) is 13.6. The molecular weight excluding hydrogens is 462 g/mol. The van der Waals surface area contributed by atoms with Crippen molar-refractivity contribution in [1.29, 1.82) is 0 Å². The van der Waals surface area contributed by atoms with Crippen LogP contribution in [0.5, 0.6) is 5.75 Å². The molecule has 0 amide bonds. The molecule has 146 valence electrons. The Bertz CT molecular complexity index is 1250. The third kappa shape index (κ3) is 4.41. The number of ether oxygens (including phenoxy) is 1. The third-order valence-electron chi connectivity index (χ3n) is 4.24. The highest BCUT2D eigenvalue weighted by Gasteiger charge is 2.13. The molecule has 4 rings (SSSR count). The molecule has 0 atom stereocenters. The van der Waals surface area contributed by atoms with Crippen LogP contribution in [-0.2, 0) is 11.2 Å². The van der Waals surface area contributed by atoms with E-state index >= 15 is 0 Å². The van der Waals surface area contributed by atoms with E-state index in [2.05, 4.69) is 21.1 Å². The number of halogens is 2. The van der Waals surface area contributed by atoms with Crippen LogP contribution in [0.2, 0.25) is 5.15 Å². The Morgan fingerprint density at radius 3 is 2.66 bits per heavy atom. The average molecular weight is 475 g/mol. The van der Waals surface area contributed by atoms with E-state index in [1.807, 2.05) is 24.3 Å². The summed E-state index contributed by atoms with van der Waals surface area (Å²) in [4.78, 5) is 24.9. The number of benzene rings is 2. The van der Waals surface area contributed by atoms with Crippen molar-refractivity contribution in [2.45, 2.75) is 12.8 Å². The molecule has 0 N–H and O–H groups in total. The highest BCUT2D eigenvalue weighted by atomic mass is 79.9. The summed E-state index contributed by atoms with van der Waals surface area (Å²) < 4.78 is 16.8. The van der Waals surface area contributed by atoms with Crippen LogP contribution in [0, 0.1) is 0 Å². The second kappa shape index (κ2) is 8.23. The molecule has 0 saturated carbocycles. The first kappa shape index (κ1) is 19.4. The molecule has 2 aromatic carbocycles. The number of aryl methyl sites for hydroxylation is 1. The van der Waals surface area contributed by atoms with Crippen molar-refractivity contribution in [3.8, 4) is 16.9 Å². The van der Waals surface area contributed by atoms with Gasteiger partial charge in [-0.25, -0.2) is 0 Å². The van der Waals surface area contributed by atoms with Crippen LogP contribution in [-0.4, -0.2) is 11.1 Å². The largest absolute Gasteiger partial charge is 0.463 e. The van der Waals surface area contributed by atoms with E-state index in [-0.39, 0.29) is 22.8 Å². The smallest absolute Gasteiger partial charge is 0.311 e. The Morgan fingerprint density at radius 1 is 1.14 bits per heavy atom. The monoisotopic (exact) mass is 473 g/mol. The lowest BCUT2D eigenvalue weighted by Crippen LogP contribution is -2.09. The quantitative estimate of drug-likeness (QED) is 0.284. The molecule has 6 nitrogen and oxygen atoms in total. The first-order chi connectivity index (χ1) is 14.0. The van der Waals surface area contributed by atoms with Gasteiger partial charge in [-0.15, -0.1) is 0 Å². The fourth-order valence-electron chi connectivity index (χ4n) is 2.81. The fraction of sp³-hybridized carbons (Fsp3) is 0.0952. The number of carbonyl (C=O) groups excluding carboxylic acids is 1. The SMILES string of the molecule is O=C(CCc1cc(Cl)no1)Oc1ccc2c(=O)c(-c3ccc(Br)cc3)coc2c1. The number of esters is 1. The van der Waals surface area contributed by atoms with Crippen LogP contribution in [0.4, 0.5) is 0 Å². The number of rotatable bonds is 5. The molecule has 0 spiro atoms. The minimum absolute atomic E-state index is 0.0933. The van der Waals surface area contributed by atoms with Crippen LogP contribution in [0.3, 0.4) is 0 Å². The molecule has 8 heteroatoms. The van der Waals surface area contributed by atoms with Crippen molar-refractivity contribution in [2.24, 2.45) is 0 Å². The van der Waals surface area contributed by atoms with Crippen LogP contribution in [0.15, 0.2) is 73.0 Å². The maximum Gasteiger partial charge on any atom is 0.311 e. The molecule has 2 heterocycles. The molecule has 2 aromatic heterocycles. The highest BCUT2D eigenvalue weighted by molar-refractivity contribution is 9.10. The zero-order chi connectivity index (χ0) is 20.4. The molecule has 0 aliphatic carbocycles. The summed E-state index contributed by atoms with van der Waals surface area (Å²) in [6.45, 7) is 0. The molecule has 0 aliphatic rings. The van der Waals surface area contributed by atoms with Gasteiger partial charge in [0.05, 0.1) is 17.4 Å². The van der Waals surface area contributed by atoms with Crippen LogP contribution in [0.25, 0.3) is 22.1 Å². The molecule has 0 aliphatic heterocycles. The summed E-state index contributed by atoms with van der Waals surface area (Å²) >= 11 is 9.04. The van der Waals surface area contributed by atoms with Gasteiger partial charge in [-0.2, -0.15) is 0 Å². The fourth-order valence-corrected chi connectivity index (χ4v) is 3.23. The Hall–Kier alpha value is -2.90. The van der Waals surface area contributed by atoms with Crippen molar-refractivity contribution >= 4 is 44.5 Å². The van der Waals surface area contributed by atoms with E-state index in [4.69, 9.17) is 25.3 Å². The Balaban J connectivity index is 1.52. The minimum atomic E-state index is -0.453. The number of hydrogen-bond donors (Lipinski definition) is 0.